The molecule has 26 heavy (non-hydrogen) atoms. The highest BCUT2D eigenvalue weighted by molar-refractivity contribution is 5.81. The minimum Gasteiger partial charge on any atom is -0.357 e. The third-order valence-electron chi connectivity index (χ3n) is 4.54. The van der Waals surface area contributed by atoms with Crippen LogP contribution in [0, 0.1) is 0 Å². The summed E-state index contributed by atoms with van der Waals surface area (Å²) in [6.45, 7) is 6.73. The number of aromatic nitrogens is 3. The van der Waals surface area contributed by atoms with Crippen molar-refractivity contribution in [2.75, 3.05) is 26.2 Å². The Bertz CT molecular complexity index is 705. The summed E-state index contributed by atoms with van der Waals surface area (Å²) in [5.74, 6) is 1.03. The number of nitrogens with zero attached hydrogens (tertiary/aromatic N) is 5. The van der Waals surface area contributed by atoms with E-state index in [4.69, 9.17) is 4.99 Å². The van der Waals surface area contributed by atoms with Gasteiger partial charge in [0.1, 0.15) is 12.7 Å². The summed E-state index contributed by atoms with van der Waals surface area (Å²) in [5.41, 5.74) is 2.77. The van der Waals surface area contributed by atoms with Crippen molar-refractivity contribution in [1.82, 2.24) is 25.0 Å². The summed E-state index contributed by atoms with van der Waals surface area (Å²) in [6, 6.07) is 10.7. The molecule has 1 N–H and O–H groups in total. The molecule has 1 aromatic carbocycles. The monoisotopic (exact) mass is 352 g/mol. The summed E-state index contributed by atoms with van der Waals surface area (Å²) in [6.07, 6.45) is 9.06. The summed E-state index contributed by atoms with van der Waals surface area (Å²) in [5, 5.41) is 11.1. The molecule has 2 heterocycles. The Balaban J connectivity index is 1.50. The van der Waals surface area contributed by atoms with E-state index in [0.717, 1.165) is 57.9 Å². The van der Waals surface area contributed by atoms with Gasteiger partial charge in [-0.2, -0.15) is 0 Å². The molecule has 1 aliphatic rings. The summed E-state index contributed by atoms with van der Waals surface area (Å²) >= 11 is 0. The smallest absolute Gasteiger partial charge is 0.194 e. The van der Waals surface area contributed by atoms with Gasteiger partial charge in [0.25, 0.3) is 0 Å². The highest BCUT2D eigenvalue weighted by Gasteiger charge is 2.15. The molecule has 0 fully saturated rings. The number of rotatable bonds is 7. The van der Waals surface area contributed by atoms with Crippen LogP contribution in [-0.4, -0.2) is 51.8 Å². The predicted molar refractivity (Wildman–Crippen MR) is 106 cm³/mol. The van der Waals surface area contributed by atoms with Crippen LogP contribution >= 0.6 is 0 Å². The van der Waals surface area contributed by atoms with Crippen LogP contribution in [0.1, 0.15) is 31.7 Å². The van der Waals surface area contributed by atoms with Gasteiger partial charge in [0.05, 0.1) is 0 Å². The Kier molecular flexibility index (Phi) is 6.81. The lowest BCUT2D eigenvalue weighted by atomic mass is 10.00. The van der Waals surface area contributed by atoms with Crippen molar-refractivity contribution in [3.8, 4) is 0 Å². The van der Waals surface area contributed by atoms with E-state index in [1.807, 2.05) is 4.57 Å². The van der Waals surface area contributed by atoms with Crippen LogP contribution in [0.2, 0.25) is 0 Å². The molecule has 0 saturated carbocycles. The summed E-state index contributed by atoms with van der Waals surface area (Å²) < 4.78 is 2.01. The fourth-order valence-electron chi connectivity index (χ4n) is 3.13. The first kappa shape index (κ1) is 18.2. The average Bonchev–Trinajstić information content (AvgIpc) is 3.21. The molecule has 1 aliphatic heterocycles. The van der Waals surface area contributed by atoms with Gasteiger partial charge in [-0.15, -0.1) is 10.2 Å². The van der Waals surface area contributed by atoms with Crippen molar-refractivity contribution in [3.05, 3.63) is 54.6 Å². The quantitative estimate of drug-likeness (QED) is 0.473. The standard InChI is InChI=1S/C20H28N6/c1-2-21-20(22-12-6-7-13-25-16-23-24-17-25)26-14-10-19(11-15-26)18-8-4-3-5-9-18/h3-5,8-10,16-17H,2,6-7,11-15H2,1H3,(H,21,22). The molecule has 0 saturated heterocycles. The number of benzene rings is 1. The third kappa shape index (κ3) is 5.18. The number of hydrogen-bond acceptors (Lipinski definition) is 3. The van der Waals surface area contributed by atoms with E-state index < -0.39 is 0 Å². The molecule has 1 aromatic heterocycles. The van der Waals surface area contributed by atoms with Crippen LogP contribution in [0.15, 0.2) is 54.1 Å². The first-order valence-electron chi connectivity index (χ1n) is 9.47. The Morgan fingerprint density at radius 1 is 1.15 bits per heavy atom. The number of hydrogen-bond donors (Lipinski definition) is 1. The van der Waals surface area contributed by atoms with E-state index in [-0.39, 0.29) is 0 Å². The molecule has 2 aromatic rings. The molecule has 138 valence electrons. The number of unbranched alkanes of at least 4 members (excludes halogenated alkanes) is 1. The van der Waals surface area contributed by atoms with Crippen molar-refractivity contribution >= 4 is 11.5 Å². The SMILES string of the molecule is CCNC(=NCCCCn1cnnc1)N1CC=C(c2ccccc2)CC1. The molecule has 0 atom stereocenters. The zero-order valence-corrected chi connectivity index (χ0v) is 15.5. The molecule has 3 rings (SSSR count). The Hall–Kier alpha value is -2.63. The first-order valence-corrected chi connectivity index (χ1v) is 9.47. The number of aliphatic imine (C=N–C) groups is 1. The molecular formula is C20H28N6. The fraction of sp³-hybridized carbons (Fsp3) is 0.450. The maximum absolute atomic E-state index is 4.82. The van der Waals surface area contributed by atoms with E-state index in [1.54, 1.807) is 12.7 Å². The second kappa shape index (κ2) is 9.75. The van der Waals surface area contributed by atoms with E-state index in [9.17, 15) is 0 Å². The molecule has 0 radical (unpaired) electrons. The highest BCUT2D eigenvalue weighted by Crippen LogP contribution is 2.21. The summed E-state index contributed by atoms with van der Waals surface area (Å²) in [4.78, 5) is 7.16. The van der Waals surface area contributed by atoms with Crippen LogP contribution < -0.4 is 5.32 Å². The van der Waals surface area contributed by atoms with Crippen LogP contribution in [0.25, 0.3) is 5.57 Å². The second-order valence-corrected chi connectivity index (χ2v) is 6.43. The Morgan fingerprint density at radius 2 is 1.96 bits per heavy atom. The average molecular weight is 352 g/mol. The molecule has 6 nitrogen and oxygen atoms in total. The lowest BCUT2D eigenvalue weighted by Gasteiger charge is -2.30. The van der Waals surface area contributed by atoms with E-state index in [0.29, 0.717) is 0 Å². The van der Waals surface area contributed by atoms with Crippen LogP contribution in [0.4, 0.5) is 0 Å². The lowest BCUT2D eigenvalue weighted by Crippen LogP contribution is -2.43. The van der Waals surface area contributed by atoms with Gasteiger partial charge < -0.3 is 14.8 Å². The van der Waals surface area contributed by atoms with Gasteiger partial charge in [-0.05, 0) is 37.3 Å². The number of aryl methyl sites for hydroxylation is 1. The molecule has 0 spiro atoms. The normalized spacial score (nSPS) is 15.0. The molecule has 6 heteroatoms. The highest BCUT2D eigenvalue weighted by atomic mass is 15.3. The Labute approximate surface area is 155 Å². The molecule has 0 amide bonds. The van der Waals surface area contributed by atoms with Crippen LogP contribution in [-0.2, 0) is 6.54 Å². The maximum atomic E-state index is 4.82. The molecule has 0 aliphatic carbocycles. The number of guanidine groups is 1. The summed E-state index contributed by atoms with van der Waals surface area (Å²) in [7, 11) is 0. The van der Waals surface area contributed by atoms with Gasteiger partial charge >= 0.3 is 0 Å². The van der Waals surface area contributed by atoms with Gasteiger partial charge in [0.2, 0.25) is 0 Å². The van der Waals surface area contributed by atoms with Crippen molar-refractivity contribution < 1.29 is 0 Å². The fourth-order valence-corrected chi connectivity index (χ4v) is 3.13. The van der Waals surface area contributed by atoms with Gasteiger partial charge in [0, 0.05) is 32.7 Å². The van der Waals surface area contributed by atoms with Crippen molar-refractivity contribution in [1.29, 1.82) is 0 Å². The largest absolute Gasteiger partial charge is 0.357 e. The van der Waals surface area contributed by atoms with E-state index >= 15 is 0 Å². The Morgan fingerprint density at radius 3 is 2.65 bits per heavy atom. The molecule has 0 unspecified atom stereocenters. The number of nitrogens with one attached hydrogen (secondary N) is 1. The third-order valence-corrected chi connectivity index (χ3v) is 4.54. The zero-order valence-electron chi connectivity index (χ0n) is 15.5. The van der Waals surface area contributed by atoms with Crippen LogP contribution in [0.5, 0.6) is 0 Å². The second-order valence-electron chi connectivity index (χ2n) is 6.43. The molecule has 0 bridgehead atoms. The maximum Gasteiger partial charge on any atom is 0.194 e. The van der Waals surface area contributed by atoms with Crippen LogP contribution in [0.3, 0.4) is 0 Å². The van der Waals surface area contributed by atoms with Crippen molar-refractivity contribution in [3.63, 3.8) is 0 Å². The van der Waals surface area contributed by atoms with Gasteiger partial charge in [-0.1, -0.05) is 36.4 Å². The topological polar surface area (TPSA) is 58.3 Å². The zero-order chi connectivity index (χ0) is 18.0. The van der Waals surface area contributed by atoms with Crippen molar-refractivity contribution in [2.24, 2.45) is 4.99 Å². The van der Waals surface area contributed by atoms with Crippen molar-refractivity contribution in [2.45, 2.75) is 32.7 Å². The predicted octanol–water partition coefficient (Wildman–Crippen LogP) is 2.81. The lowest BCUT2D eigenvalue weighted by molar-refractivity contribution is 0.439. The van der Waals surface area contributed by atoms with E-state index in [2.05, 4.69) is 63.7 Å². The van der Waals surface area contributed by atoms with E-state index in [1.165, 1.54) is 11.1 Å². The minimum atomic E-state index is 0.843. The first-order chi connectivity index (χ1) is 12.9. The van der Waals surface area contributed by atoms with Gasteiger partial charge in [-0.25, -0.2) is 0 Å². The molecular weight excluding hydrogens is 324 g/mol. The van der Waals surface area contributed by atoms with Gasteiger partial charge in [-0.3, -0.25) is 4.99 Å². The minimum absolute atomic E-state index is 0.843. The van der Waals surface area contributed by atoms with Gasteiger partial charge in [0.15, 0.2) is 5.96 Å².